The lowest BCUT2D eigenvalue weighted by Crippen LogP contribution is -2.36. The van der Waals surface area contributed by atoms with Gasteiger partial charge in [0.1, 0.15) is 23.7 Å². The monoisotopic (exact) mass is 555 g/mol. The number of fused-ring (bicyclic) bond motifs is 1. The summed E-state index contributed by atoms with van der Waals surface area (Å²) in [6, 6.07) is 7.92. The summed E-state index contributed by atoms with van der Waals surface area (Å²) in [6.45, 7) is 5.71. The first-order valence-electron chi connectivity index (χ1n) is 13.0. The highest BCUT2D eigenvalue weighted by molar-refractivity contribution is 6.31. The molecule has 11 heteroatoms. The minimum Gasteiger partial charge on any atom is -0.491 e. The van der Waals surface area contributed by atoms with E-state index in [-0.39, 0.29) is 10.9 Å². The molecule has 2 fully saturated rings. The predicted molar refractivity (Wildman–Crippen MR) is 148 cm³/mol. The van der Waals surface area contributed by atoms with E-state index in [0.29, 0.717) is 66.1 Å². The van der Waals surface area contributed by atoms with Crippen LogP contribution in [0.5, 0.6) is 5.75 Å². The van der Waals surface area contributed by atoms with Crippen molar-refractivity contribution in [2.24, 2.45) is 5.92 Å². The number of nitrogens with one attached hydrogen (secondary N) is 2. The lowest BCUT2D eigenvalue weighted by Gasteiger charge is -2.25. The maximum atomic E-state index is 13.7. The number of carbonyl (C=O) groups excluding carboxylic acids is 1. The van der Waals surface area contributed by atoms with Crippen molar-refractivity contribution in [3.63, 3.8) is 0 Å². The molecule has 2 aliphatic rings. The van der Waals surface area contributed by atoms with Crippen LogP contribution in [0, 0.1) is 11.7 Å². The molecule has 0 radical (unpaired) electrons. The standard InChI is InChI=1S/C28H31ClFN5O4/c29-22-14-20(3-4-23(22)30)33-28-21-15-25(34-27(36)2-1-7-35-8-12-38-13-9-35)26(16-24(21)31-18-32-28)39-17-19-5-10-37-11-6-19/h1-4,14-16,18-19H,5-13,17H2,(H,34,36)(H,31,32,33). The first kappa shape index (κ1) is 27.3. The molecule has 3 aromatic rings. The number of benzene rings is 2. The number of amides is 1. The molecule has 9 nitrogen and oxygen atoms in total. The van der Waals surface area contributed by atoms with Gasteiger partial charge in [0.25, 0.3) is 0 Å². The number of halogens is 2. The van der Waals surface area contributed by atoms with Crippen LogP contribution in [0.1, 0.15) is 12.8 Å². The minimum absolute atomic E-state index is 0.000945. The molecule has 5 rings (SSSR count). The second kappa shape index (κ2) is 13.2. The third kappa shape index (κ3) is 7.42. The normalized spacial score (nSPS) is 17.0. The molecule has 2 N–H and O–H groups in total. The van der Waals surface area contributed by atoms with Crippen LogP contribution >= 0.6 is 11.6 Å². The third-order valence-electron chi connectivity index (χ3n) is 6.73. The summed E-state index contributed by atoms with van der Waals surface area (Å²) in [5.74, 6) is 0.607. The molecule has 1 amide bonds. The van der Waals surface area contributed by atoms with E-state index in [9.17, 15) is 9.18 Å². The Balaban J connectivity index is 1.38. The third-order valence-corrected chi connectivity index (χ3v) is 7.02. The highest BCUT2D eigenvalue weighted by atomic mass is 35.5. The average molecular weight is 556 g/mol. The summed E-state index contributed by atoms with van der Waals surface area (Å²) >= 11 is 5.96. The van der Waals surface area contributed by atoms with Crippen LogP contribution in [0.15, 0.2) is 48.8 Å². The Hall–Kier alpha value is -3.31. The zero-order chi connectivity index (χ0) is 27.0. The van der Waals surface area contributed by atoms with Gasteiger partial charge in [-0.15, -0.1) is 0 Å². The lowest BCUT2D eigenvalue weighted by molar-refractivity contribution is -0.111. The van der Waals surface area contributed by atoms with Gasteiger partial charge in [-0.05, 0) is 43.0 Å². The first-order chi connectivity index (χ1) is 19.0. The van der Waals surface area contributed by atoms with Crippen LogP contribution in [0.25, 0.3) is 10.9 Å². The van der Waals surface area contributed by atoms with E-state index in [0.717, 1.165) is 39.1 Å². The molecular formula is C28H31ClFN5O4. The average Bonchev–Trinajstić information content (AvgIpc) is 2.95. The first-order valence-corrected chi connectivity index (χ1v) is 13.4. The maximum Gasteiger partial charge on any atom is 0.248 e. The van der Waals surface area contributed by atoms with E-state index in [4.69, 9.17) is 25.8 Å². The topological polar surface area (TPSA) is 97.8 Å². The highest BCUT2D eigenvalue weighted by Gasteiger charge is 2.18. The molecule has 0 bridgehead atoms. The van der Waals surface area contributed by atoms with Crippen molar-refractivity contribution >= 4 is 45.6 Å². The molecule has 1 aromatic heterocycles. The van der Waals surface area contributed by atoms with Gasteiger partial charge in [0, 0.05) is 56.1 Å². The Kier molecular flexibility index (Phi) is 9.20. The number of morpholine rings is 1. The van der Waals surface area contributed by atoms with Crippen molar-refractivity contribution < 1.29 is 23.4 Å². The fraction of sp³-hybridized carbons (Fsp3) is 0.393. The largest absolute Gasteiger partial charge is 0.491 e. The Morgan fingerprint density at radius 3 is 2.72 bits per heavy atom. The molecule has 2 aromatic carbocycles. The van der Waals surface area contributed by atoms with Crippen LogP contribution < -0.4 is 15.4 Å². The fourth-order valence-corrected chi connectivity index (χ4v) is 4.68. The molecule has 39 heavy (non-hydrogen) atoms. The molecule has 0 saturated carbocycles. The van der Waals surface area contributed by atoms with Crippen molar-refractivity contribution in [1.82, 2.24) is 14.9 Å². The molecular weight excluding hydrogens is 525 g/mol. The van der Waals surface area contributed by atoms with Gasteiger partial charge in [-0.3, -0.25) is 9.69 Å². The van der Waals surface area contributed by atoms with E-state index < -0.39 is 5.82 Å². The van der Waals surface area contributed by atoms with Gasteiger partial charge in [0.15, 0.2) is 0 Å². The number of nitrogens with zero attached hydrogens (tertiary/aromatic N) is 3. The number of hydrogen-bond acceptors (Lipinski definition) is 8. The predicted octanol–water partition coefficient (Wildman–Crippen LogP) is 4.80. The molecule has 206 valence electrons. The minimum atomic E-state index is -0.507. The Morgan fingerprint density at radius 2 is 1.92 bits per heavy atom. The quantitative estimate of drug-likeness (QED) is 0.363. The zero-order valence-corrected chi connectivity index (χ0v) is 22.3. The van der Waals surface area contributed by atoms with Gasteiger partial charge in [0.2, 0.25) is 5.91 Å². The molecule has 2 saturated heterocycles. The summed E-state index contributed by atoms with van der Waals surface area (Å²) in [5, 5.41) is 6.79. The number of aromatic nitrogens is 2. The molecule has 2 aliphatic heterocycles. The van der Waals surface area contributed by atoms with Crippen molar-refractivity contribution in [3.05, 3.63) is 59.7 Å². The van der Waals surface area contributed by atoms with E-state index in [2.05, 4.69) is 25.5 Å². The van der Waals surface area contributed by atoms with Gasteiger partial charge in [-0.1, -0.05) is 17.7 Å². The number of hydrogen-bond donors (Lipinski definition) is 2. The number of anilines is 3. The van der Waals surface area contributed by atoms with Crippen LogP contribution in [-0.2, 0) is 14.3 Å². The Bertz CT molecular complexity index is 1330. The summed E-state index contributed by atoms with van der Waals surface area (Å²) in [5.41, 5.74) is 1.70. The number of ether oxygens (including phenoxy) is 3. The summed E-state index contributed by atoms with van der Waals surface area (Å²) < 4.78 is 30.7. The van der Waals surface area contributed by atoms with E-state index in [1.165, 1.54) is 24.5 Å². The SMILES string of the molecule is O=C(C=CCN1CCOCC1)Nc1cc2c(Nc3ccc(F)c(Cl)c3)ncnc2cc1OCC1CCOCC1. The van der Waals surface area contributed by atoms with Crippen molar-refractivity contribution in [1.29, 1.82) is 0 Å². The van der Waals surface area contributed by atoms with E-state index in [1.54, 1.807) is 18.2 Å². The van der Waals surface area contributed by atoms with Gasteiger partial charge < -0.3 is 24.8 Å². The number of carbonyl (C=O) groups is 1. The Labute approximate surface area is 231 Å². The van der Waals surface area contributed by atoms with Crippen LogP contribution in [-0.4, -0.2) is 73.4 Å². The van der Waals surface area contributed by atoms with Crippen LogP contribution in [0.2, 0.25) is 5.02 Å². The number of rotatable bonds is 9. The maximum absolute atomic E-state index is 13.7. The van der Waals surface area contributed by atoms with Crippen LogP contribution in [0.4, 0.5) is 21.6 Å². The Morgan fingerprint density at radius 1 is 1.13 bits per heavy atom. The lowest BCUT2D eigenvalue weighted by atomic mass is 10.0. The van der Waals surface area contributed by atoms with Gasteiger partial charge in [-0.2, -0.15) is 0 Å². The molecule has 3 heterocycles. The van der Waals surface area contributed by atoms with Crippen molar-refractivity contribution in [2.75, 3.05) is 63.3 Å². The highest BCUT2D eigenvalue weighted by Crippen LogP contribution is 2.34. The van der Waals surface area contributed by atoms with Gasteiger partial charge >= 0.3 is 0 Å². The molecule has 0 spiro atoms. The van der Waals surface area contributed by atoms with Gasteiger partial charge in [0.05, 0.1) is 36.0 Å². The van der Waals surface area contributed by atoms with Gasteiger partial charge in [-0.25, -0.2) is 14.4 Å². The summed E-state index contributed by atoms with van der Waals surface area (Å²) in [4.78, 5) is 23.9. The van der Waals surface area contributed by atoms with E-state index >= 15 is 0 Å². The smallest absolute Gasteiger partial charge is 0.248 e. The van der Waals surface area contributed by atoms with Crippen molar-refractivity contribution in [3.8, 4) is 5.75 Å². The zero-order valence-electron chi connectivity index (χ0n) is 21.5. The fourth-order valence-electron chi connectivity index (χ4n) is 4.50. The van der Waals surface area contributed by atoms with Crippen molar-refractivity contribution in [2.45, 2.75) is 12.8 Å². The van der Waals surface area contributed by atoms with E-state index in [1.807, 2.05) is 6.08 Å². The summed E-state index contributed by atoms with van der Waals surface area (Å²) in [6.07, 6.45) is 6.67. The second-order valence-corrected chi connectivity index (χ2v) is 9.92. The molecule has 0 aliphatic carbocycles. The molecule has 0 atom stereocenters. The summed E-state index contributed by atoms with van der Waals surface area (Å²) in [7, 11) is 0. The van der Waals surface area contributed by atoms with Crippen LogP contribution in [0.3, 0.4) is 0 Å². The second-order valence-electron chi connectivity index (χ2n) is 9.51. The molecule has 0 unspecified atom stereocenters.